The van der Waals surface area contributed by atoms with Crippen LogP contribution < -0.4 is 0 Å². The molecule has 7 nitrogen and oxygen atoms in total. The van der Waals surface area contributed by atoms with E-state index in [1.54, 1.807) is 35.5 Å². The van der Waals surface area contributed by atoms with Crippen molar-refractivity contribution in [2.75, 3.05) is 0 Å². The van der Waals surface area contributed by atoms with Crippen LogP contribution in [-0.4, -0.2) is 29.7 Å². The van der Waals surface area contributed by atoms with Crippen LogP contribution >= 0.6 is 23.1 Å². The zero-order valence-corrected chi connectivity index (χ0v) is 15.2. The smallest absolute Gasteiger partial charge is 0.240 e. The Morgan fingerprint density at radius 1 is 1.15 bits per heavy atom. The third-order valence-electron chi connectivity index (χ3n) is 3.90. The molecule has 9 heteroatoms. The molecule has 5 rings (SSSR count). The fraction of sp³-hybridized carbons (Fsp3) is 0.118. The average Bonchev–Trinajstić information content (AvgIpc) is 3.38. The van der Waals surface area contributed by atoms with Gasteiger partial charge in [-0.25, -0.2) is 0 Å². The van der Waals surface area contributed by atoms with Crippen molar-refractivity contribution < 1.29 is 4.52 Å². The number of nitrogens with zero attached hydrogens (tertiary/aromatic N) is 6. The lowest BCUT2D eigenvalue weighted by molar-refractivity contribution is 0.380. The molecule has 1 atom stereocenters. The standard InChI is InChI=1S/C17H12N6OS2/c1-10(15-19-14(22-24-15)11-5-4-8-18-9-11)25-16-20-21-17-23(16)12-6-2-3-7-13(12)26-17/h2-10H,1H3/t10-/m0/s1. The average molecular weight is 380 g/mol. The Balaban J connectivity index is 1.46. The molecule has 4 aromatic heterocycles. The first-order valence-corrected chi connectivity index (χ1v) is 9.62. The van der Waals surface area contributed by atoms with Gasteiger partial charge in [-0.1, -0.05) is 40.4 Å². The molecule has 0 spiro atoms. The van der Waals surface area contributed by atoms with Crippen LogP contribution in [-0.2, 0) is 0 Å². The Labute approximate surface area is 156 Å². The Kier molecular flexibility index (Phi) is 3.68. The number of benzene rings is 1. The summed E-state index contributed by atoms with van der Waals surface area (Å²) in [4.78, 5) is 9.46. The molecule has 0 amide bonds. The number of thiazole rings is 1. The predicted octanol–water partition coefficient (Wildman–Crippen LogP) is 4.24. The SMILES string of the molecule is C[C@H](Sc1nnc2sc3ccccc3n12)c1nc(-c2cccnc2)no1. The minimum Gasteiger partial charge on any atom is -0.338 e. The van der Waals surface area contributed by atoms with Crippen LogP contribution in [0.4, 0.5) is 0 Å². The molecule has 0 bridgehead atoms. The molecule has 128 valence electrons. The monoisotopic (exact) mass is 380 g/mol. The maximum absolute atomic E-state index is 5.45. The highest BCUT2D eigenvalue weighted by Gasteiger charge is 2.21. The number of fused-ring (bicyclic) bond motifs is 3. The van der Waals surface area contributed by atoms with E-state index in [2.05, 4.69) is 41.9 Å². The topological polar surface area (TPSA) is 82.0 Å². The molecule has 0 aliphatic carbocycles. The molecule has 0 aliphatic heterocycles. The predicted molar refractivity (Wildman–Crippen MR) is 100 cm³/mol. The van der Waals surface area contributed by atoms with Gasteiger partial charge < -0.3 is 4.52 Å². The number of hydrogen-bond acceptors (Lipinski definition) is 8. The Morgan fingerprint density at radius 2 is 2.08 bits per heavy atom. The van der Waals surface area contributed by atoms with E-state index in [0.29, 0.717) is 11.7 Å². The number of thioether (sulfide) groups is 1. The molecule has 0 radical (unpaired) electrons. The van der Waals surface area contributed by atoms with Gasteiger partial charge in [0.25, 0.3) is 0 Å². The van der Waals surface area contributed by atoms with Crippen molar-refractivity contribution in [1.82, 2.24) is 29.7 Å². The molecule has 0 aliphatic rings. The van der Waals surface area contributed by atoms with Crippen molar-refractivity contribution in [2.45, 2.75) is 17.3 Å². The summed E-state index contributed by atoms with van der Waals surface area (Å²) < 4.78 is 8.70. The molecule has 1 aromatic carbocycles. The molecule has 0 saturated carbocycles. The molecule has 0 fully saturated rings. The Hall–Kier alpha value is -2.78. The minimum atomic E-state index is -0.0565. The van der Waals surface area contributed by atoms with Gasteiger partial charge in [0.1, 0.15) is 0 Å². The summed E-state index contributed by atoms with van der Waals surface area (Å²) in [6.07, 6.45) is 3.43. The first kappa shape index (κ1) is 15.5. The van der Waals surface area contributed by atoms with Crippen molar-refractivity contribution in [3.63, 3.8) is 0 Å². The summed E-state index contributed by atoms with van der Waals surface area (Å²) in [5, 5.41) is 13.4. The van der Waals surface area contributed by atoms with Gasteiger partial charge in [-0.15, -0.1) is 10.2 Å². The number of hydrogen-bond donors (Lipinski definition) is 0. The second kappa shape index (κ2) is 6.19. The van der Waals surface area contributed by atoms with Crippen molar-refractivity contribution in [3.8, 4) is 11.4 Å². The lowest BCUT2D eigenvalue weighted by Gasteiger charge is -2.04. The number of rotatable bonds is 4. The lowest BCUT2D eigenvalue weighted by Crippen LogP contribution is -1.92. The maximum Gasteiger partial charge on any atom is 0.240 e. The lowest BCUT2D eigenvalue weighted by atomic mass is 10.3. The van der Waals surface area contributed by atoms with Gasteiger partial charge in [-0.3, -0.25) is 9.38 Å². The first-order valence-electron chi connectivity index (χ1n) is 7.93. The fourth-order valence-electron chi connectivity index (χ4n) is 2.65. The molecule has 5 aromatic rings. The Morgan fingerprint density at radius 3 is 2.96 bits per heavy atom. The quantitative estimate of drug-likeness (QED) is 0.431. The molecular formula is C17H12N6OS2. The molecular weight excluding hydrogens is 368 g/mol. The maximum atomic E-state index is 5.45. The van der Waals surface area contributed by atoms with Crippen LogP contribution in [0.2, 0.25) is 0 Å². The summed E-state index contributed by atoms with van der Waals surface area (Å²) >= 11 is 3.17. The fourth-order valence-corrected chi connectivity index (χ4v) is 4.57. The highest BCUT2D eigenvalue weighted by molar-refractivity contribution is 7.99. The summed E-state index contributed by atoms with van der Waals surface area (Å²) in [5.41, 5.74) is 1.93. The van der Waals surface area contributed by atoms with Crippen molar-refractivity contribution in [2.24, 2.45) is 0 Å². The molecule has 0 N–H and O–H groups in total. The second-order valence-corrected chi connectivity index (χ2v) is 7.95. The molecule has 0 unspecified atom stereocenters. The normalized spacial score (nSPS) is 12.8. The largest absolute Gasteiger partial charge is 0.338 e. The second-order valence-electron chi connectivity index (χ2n) is 5.63. The highest BCUT2D eigenvalue weighted by atomic mass is 32.2. The zero-order chi connectivity index (χ0) is 17.5. The van der Waals surface area contributed by atoms with Crippen LogP contribution in [0, 0.1) is 0 Å². The summed E-state index contributed by atoms with van der Waals surface area (Å²) in [6, 6.07) is 12.0. The van der Waals surface area contributed by atoms with Gasteiger partial charge in [-0.05, 0) is 31.2 Å². The van der Waals surface area contributed by atoms with Crippen LogP contribution in [0.3, 0.4) is 0 Å². The van der Waals surface area contributed by atoms with Gasteiger partial charge >= 0.3 is 0 Å². The van der Waals surface area contributed by atoms with Crippen LogP contribution in [0.15, 0.2) is 58.5 Å². The van der Waals surface area contributed by atoms with E-state index < -0.39 is 0 Å². The molecule has 0 saturated heterocycles. The highest BCUT2D eigenvalue weighted by Crippen LogP contribution is 2.36. The van der Waals surface area contributed by atoms with Crippen LogP contribution in [0.5, 0.6) is 0 Å². The van der Waals surface area contributed by atoms with Gasteiger partial charge in [0, 0.05) is 18.0 Å². The summed E-state index contributed by atoms with van der Waals surface area (Å²) in [6.45, 7) is 2.01. The van der Waals surface area contributed by atoms with E-state index in [1.807, 2.05) is 31.2 Å². The van der Waals surface area contributed by atoms with Crippen LogP contribution in [0.1, 0.15) is 18.1 Å². The summed E-state index contributed by atoms with van der Waals surface area (Å²) in [7, 11) is 0. The van der Waals surface area contributed by atoms with E-state index in [-0.39, 0.29) is 5.25 Å². The van der Waals surface area contributed by atoms with Crippen molar-refractivity contribution in [3.05, 3.63) is 54.7 Å². The third-order valence-corrected chi connectivity index (χ3v) is 5.94. The molecule has 26 heavy (non-hydrogen) atoms. The number of para-hydroxylation sites is 1. The van der Waals surface area contributed by atoms with Crippen molar-refractivity contribution >= 4 is 38.3 Å². The van der Waals surface area contributed by atoms with E-state index >= 15 is 0 Å². The van der Waals surface area contributed by atoms with Gasteiger partial charge in [0.15, 0.2) is 5.16 Å². The number of aromatic nitrogens is 6. The van der Waals surface area contributed by atoms with E-state index in [9.17, 15) is 0 Å². The third kappa shape index (κ3) is 2.56. The van der Waals surface area contributed by atoms with Gasteiger partial charge in [0.2, 0.25) is 16.7 Å². The number of pyridine rings is 1. The van der Waals surface area contributed by atoms with E-state index in [1.165, 1.54) is 4.70 Å². The summed E-state index contributed by atoms with van der Waals surface area (Å²) in [5.74, 6) is 1.08. The van der Waals surface area contributed by atoms with Crippen LogP contribution in [0.25, 0.3) is 26.6 Å². The van der Waals surface area contributed by atoms with E-state index in [0.717, 1.165) is 21.2 Å². The minimum absolute atomic E-state index is 0.0565. The van der Waals surface area contributed by atoms with E-state index in [4.69, 9.17) is 4.52 Å². The zero-order valence-electron chi connectivity index (χ0n) is 13.6. The van der Waals surface area contributed by atoms with Gasteiger partial charge in [-0.2, -0.15) is 4.98 Å². The Bertz CT molecular complexity index is 1200. The first-order chi connectivity index (χ1) is 12.8. The molecule has 4 heterocycles. The van der Waals surface area contributed by atoms with Gasteiger partial charge in [0.05, 0.1) is 15.5 Å². The van der Waals surface area contributed by atoms with Crippen molar-refractivity contribution in [1.29, 1.82) is 0 Å².